The Kier molecular flexibility index (Phi) is 9.17. The van der Waals surface area contributed by atoms with Crippen molar-refractivity contribution in [2.75, 3.05) is 32.8 Å². The molecule has 6 rings (SSSR count). The molecule has 4 aromatic rings. The molecule has 11 heteroatoms. The average Bonchev–Trinajstić information content (AvgIpc) is 3.56. The van der Waals surface area contributed by atoms with E-state index in [1.165, 1.54) is 11.8 Å². The zero-order chi connectivity index (χ0) is 31.7. The van der Waals surface area contributed by atoms with Crippen LogP contribution in [0.5, 0.6) is 0 Å². The molecule has 2 fully saturated rings. The predicted molar refractivity (Wildman–Crippen MR) is 180 cm³/mol. The van der Waals surface area contributed by atoms with Crippen LogP contribution in [0.3, 0.4) is 0 Å². The summed E-state index contributed by atoms with van der Waals surface area (Å²) >= 11 is 11.3. The van der Waals surface area contributed by atoms with Gasteiger partial charge in [-0.1, -0.05) is 63.4 Å². The third kappa shape index (κ3) is 6.33. The number of nitrogens with zero attached hydrogens (tertiary/aromatic N) is 3. The van der Waals surface area contributed by atoms with E-state index in [2.05, 4.69) is 20.9 Å². The standard InChI is InChI=1S/C34H34BrClN4O4S/c1-3-44-33(43)39-16-14-38(15-17-39)32(42)34(45-26-11-4-22(2)5-12-26)19-30(41)40(21-23-6-8-24(35)9-7-23)31(34)28-20-37-29-18-25(36)10-13-27(28)29/h4-13,18,20,31,37H,3,14-17,19,21H2,1-2H3/t31-,34-/m0/s1. The Labute approximate surface area is 280 Å². The molecule has 0 saturated carbocycles. The van der Waals surface area contributed by atoms with Crippen LogP contribution in [0.4, 0.5) is 4.79 Å². The number of amides is 3. The number of piperazine rings is 1. The molecule has 45 heavy (non-hydrogen) atoms. The number of rotatable bonds is 7. The van der Waals surface area contributed by atoms with Gasteiger partial charge in [0.1, 0.15) is 4.75 Å². The topological polar surface area (TPSA) is 85.9 Å². The molecular formula is C34H34BrClN4O4S. The lowest BCUT2D eigenvalue weighted by molar-refractivity contribution is -0.136. The molecule has 3 amide bonds. The van der Waals surface area contributed by atoms with E-state index in [0.717, 1.165) is 37.0 Å². The Balaban J connectivity index is 1.46. The molecule has 0 spiro atoms. The van der Waals surface area contributed by atoms with E-state index in [1.807, 2.05) is 89.7 Å². The van der Waals surface area contributed by atoms with E-state index >= 15 is 4.79 Å². The molecule has 3 heterocycles. The summed E-state index contributed by atoms with van der Waals surface area (Å²) in [5, 5.41) is 1.51. The van der Waals surface area contributed by atoms with Gasteiger partial charge in [-0.3, -0.25) is 9.59 Å². The highest BCUT2D eigenvalue weighted by Gasteiger charge is 2.60. The van der Waals surface area contributed by atoms with Crippen molar-refractivity contribution in [2.45, 2.75) is 42.5 Å². The van der Waals surface area contributed by atoms with Crippen molar-refractivity contribution in [3.63, 3.8) is 0 Å². The highest BCUT2D eigenvalue weighted by molar-refractivity contribution is 9.10. The summed E-state index contributed by atoms with van der Waals surface area (Å²) in [6.07, 6.45) is 1.57. The Morgan fingerprint density at radius 3 is 2.40 bits per heavy atom. The summed E-state index contributed by atoms with van der Waals surface area (Å²) in [6, 6.07) is 21.0. The maximum atomic E-state index is 15.0. The number of H-pyrrole nitrogens is 1. The Morgan fingerprint density at radius 2 is 1.71 bits per heavy atom. The fourth-order valence-electron chi connectivity index (χ4n) is 6.27. The van der Waals surface area contributed by atoms with Gasteiger partial charge in [0.15, 0.2) is 0 Å². The van der Waals surface area contributed by atoms with Crippen molar-refractivity contribution in [2.24, 2.45) is 0 Å². The molecule has 0 radical (unpaired) electrons. The van der Waals surface area contributed by atoms with Gasteiger partial charge in [0.2, 0.25) is 11.8 Å². The Morgan fingerprint density at radius 1 is 1.02 bits per heavy atom. The number of halogens is 2. The van der Waals surface area contributed by atoms with E-state index in [1.54, 1.807) is 11.8 Å². The van der Waals surface area contributed by atoms with E-state index < -0.39 is 10.8 Å². The monoisotopic (exact) mass is 708 g/mol. The van der Waals surface area contributed by atoms with Gasteiger partial charge < -0.3 is 24.4 Å². The second kappa shape index (κ2) is 13.1. The summed E-state index contributed by atoms with van der Waals surface area (Å²) < 4.78 is 4.98. The number of hydrogen-bond acceptors (Lipinski definition) is 5. The number of ether oxygens (including phenoxy) is 1. The second-order valence-electron chi connectivity index (χ2n) is 11.4. The first-order valence-electron chi connectivity index (χ1n) is 15.0. The fourth-order valence-corrected chi connectivity index (χ4v) is 8.18. The van der Waals surface area contributed by atoms with Crippen molar-refractivity contribution in [3.05, 3.63) is 99.1 Å². The molecule has 2 atom stereocenters. The summed E-state index contributed by atoms with van der Waals surface area (Å²) in [6.45, 7) is 5.87. The highest BCUT2D eigenvalue weighted by Crippen LogP contribution is 2.55. The zero-order valence-corrected chi connectivity index (χ0v) is 28.3. The number of aromatic amines is 1. The largest absolute Gasteiger partial charge is 0.450 e. The van der Waals surface area contributed by atoms with E-state index in [-0.39, 0.29) is 24.3 Å². The number of carbonyl (C=O) groups excluding carboxylic acids is 3. The van der Waals surface area contributed by atoms with Gasteiger partial charge in [-0.15, -0.1) is 11.8 Å². The van der Waals surface area contributed by atoms with E-state index in [9.17, 15) is 9.59 Å². The quantitative estimate of drug-likeness (QED) is 0.220. The SMILES string of the molecule is CCOC(=O)N1CCN(C(=O)[C@]2(Sc3ccc(C)cc3)CC(=O)N(Cc3ccc(Br)cc3)[C@H]2c2c[nH]c3cc(Cl)ccc23)CC1. The molecule has 1 aromatic heterocycles. The van der Waals surface area contributed by atoms with Crippen molar-refractivity contribution in [1.29, 1.82) is 0 Å². The summed E-state index contributed by atoms with van der Waals surface area (Å²) in [4.78, 5) is 51.3. The molecule has 2 saturated heterocycles. The van der Waals surface area contributed by atoms with Gasteiger partial charge >= 0.3 is 6.09 Å². The first kappa shape index (κ1) is 31.5. The van der Waals surface area contributed by atoms with Gasteiger partial charge in [0.05, 0.1) is 19.1 Å². The van der Waals surface area contributed by atoms with Gasteiger partial charge in [-0.05, 0) is 55.8 Å². The lowest BCUT2D eigenvalue weighted by Crippen LogP contribution is -2.57. The predicted octanol–water partition coefficient (Wildman–Crippen LogP) is 7.20. The maximum absolute atomic E-state index is 15.0. The Bertz CT molecular complexity index is 1720. The van der Waals surface area contributed by atoms with Gasteiger partial charge in [0.25, 0.3) is 0 Å². The number of likely N-dealkylation sites (tertiary alicyclic amines) is 1. The van der Waals surface area contributed by atoms with Crippen molar-refractivity contribution in [3.8, 4) is 0 Å². The molecule has 0 aliphatic carbocycles. The van der Waals surface area contributed by atoms with Crippen LogP contribution in [0.15, 0.2) is 82.3 Å². The van der Waals surface area contributed by atoms with Crippen LogP contribution in [-0.2, 0) is 20.9 Å². The van der Waals surface area contributed by atoms with Crippen LogP contribution in [0.1, 0.15) is 36.1 Å². The minimum Gasteiger partial charge on any atom is -0.450 e. The summed E-state index contributed by atoms with van der Waals surface area (Å²) in [5.41, 5.74) is 3.78. The van der Waals surface area contributed by atoms with Crippen molar-refractivity contribution in [1.82, 2.24) is 19.7 Å². The lowest BCUT2D eigenvalue weighted by atomic mass is 9.90. The molecule has 234 valence electrons. The number of thioether (sulfide) groups is 1. The molecule has 8 nitrogen and oxygen atoms in total. The molecule has 1 N–H and O–H groups in total. The minimum atomic E-state index is -1.18. The lowest BCUT2D eigenvalue weighted by Gasteiger charge is -2.42. The van der Waals surface area contributed by atoms with Crippen molar-refractivity contribution >= 4 is 68.1 Å². The summed E-state index contributed by atoms with van der Waals surface area (Å²) in [7, 11) is 0. The normalized spacial score (nSPS) is 20.2. The highest BCUT2D eigenvalue weighted by atomic mass is 79.9. The smallest absolute Gasteiger partial charge is 0.409 e. The molecule has 2 aliphatic heterocycles. The number of fused-ring (bicyclic) bond motifs is 1. The van der Waals surface area contributed by atoms with Gasteiger partial charge in [0, 0.05) is 69.8 Å². The number of carbonyl (C=O) groups is 3. The molecular weight excluding hydrogens is 676 g/mol. The number of nitrogens with one attached hydrogen (secondary N) is 1. The van der Waals surface area contributed by atoms with Crippen molar-refractivity contribution < 1.29 is 19.1 Å². The third-order valence-electron chi connectivity index (χ3n) is 8.50. The number of benzene rings is 3. The number of aryl methyl sites for hydroxylation is 1. The van der Waals surface area contributed by atoms with Gasteiger partial charge in [-0.2, -0.15) is 0 Å². The van der Waals surface area contributed by atoms with Gasteiger partial charge in [-0.25, -0.2) is 4.79 Å². The van der Waals surface area contributed by atoms with E-state index in [0.29, 0.717) is 44.4 Å². The van der Waals surface area contributed by atoms with Crippen LogP contribution in [0.25, 0.3) is 10.9 Å². The molecule has 0 unspecified atom stereocenters. The fraction of sp³-hybridized carbons (Fsp3) is 0.324. The van der Waals surface area contributed by atoms with Crippen LogP contribution < -0.4 is 0 Å². The van der Waals surface area contributed by atoms with Crippen LogP contribution in [0.2, 0.25) is 5.02 Å². The molecule has 2 aliphatic rings. The van der Waals surface area contributed by atoms with Crippen LogP contribution in [-0.4, -0.2) is 75.1 Å². The first-order valence-corrected chi connectivity index (χ1v) is 16.9. The minimum absolute atomic E-state index is 0.0317. The first-order chi connectivity index (χ1) is 21.7. The third-order valence-corrected chi connectivity index (χ3v) is 10.7. The number of hydrogen-bond donors (Lipinski definition) is 1. The zero-order valence-electron chi connectivity index (χ0n) is 25.1. The average molecular weight is 710 g/mol. The van der Waals surface area contributed by atoms with Crippen LogP contribution >= 0.6 is 39.3 Å². The van der Waals surface area contributed by atoms with Crippen LogP contribution in [0, 0.1) is 6.92 Å². The molecule has 3 aromatic carbocycles. The Hall–Kier alpha value is -3.47. The maximum Gasteiger partial charge on any atom is 0.409 e. The second-order valence-corrected chi connectivity index (χ2v) is 14.2. The number of aromatic nitrogens is 1. The van der Waals surface area contributed by atoms with E-state index in [4.69, 9.17) is 16.3 Å². The summed E-state index contributed by atoms with van der Waals surface area (Å²) in [5.74, 6) is -0.207. The molecule has 0 bridgehead atoms.